The quantitative estimate of drug-likeness (QED) is 0.681. The van der Waals surface area contributed by atoms with Crippen molar-refractivity contribution in [2.24, 2.45) is 4.99 Å². The highest BCUT2D eigenvalue weighted by Gasteiger charge is 2.21. The van der Waals surface area contributed by atoms with Crippen molar-refractivity contribution in [1.29, 1.82) is 0 Å². The van der Waals surface area contributed by atoms with Gasteiger partial charge in [-0.05, 0) is 59.7 Å². The third-order valence-corrected chi connectivity index (χ3v) is 4.83. The lowest BCUT2D eigenvalue weighted by atomic mass is 9.97. The maximum Gasteiger partial charge on any atom is 0.118 e. The minimum absolute atomic E-state index is 0.125. The summed E-state index contributed by atoms with van der Waals surface area (Å²) in [6, 6.07) is 24.6. The van der Waals surface area contributed by atoms with Crippen LogP contribution in [0.5, 0.6) is 11.5 Å². The van der Waals surface area contributed by atoms with Crippen molar-refractivity contribution in [3.8, 4) is 11.5 Å². The molecule has 4 rings (SSSR count). The van der Waals surface area contributed by atoms with Crippen LogP contribution in [-0.4, -0.2) is 19.9 Å². The van der Waals surface area contributed by atoms with Gasteiger partial charge in [0.05, 0.1) is 37.3 Å². The van der Waals surface area contributed by atoms with Crippen molar-refractivity contribution < 1.29 is 9.47 Å². The molecule has 0 fully saturated rings. The summed E-state index contributed by atoms with van der Waals surface area (Å²) in [6.45, 7) is 0. The molecule has 1 aliphatic rings. The van der Waals surface area contributed by atoms with Gasteiger partial charge < -0.3 is 14.8 Å². The normalized spacial score (nSPS) is 15.8. The lowest BCUT2D eigenvalue weighted by molar-refractivity contribution is 0.414. The van der Waals surface area contributed by atoms with E-state index >= 15 is 0 Å². The topological polar surface area (TPSA) is 42.8 Å². The summed E-state index contributed by atoms with van der Waals surface area (Å²) in [5.74, 6) is 1.70. The van der Waals surface area contributed by atoms with Gasteiger partial charge in [-0.15, -0.1) is 0 Å². The molecular weight excluding hydrogens is 336 g/mol. The van der Waals surface area contributed by atoms with Gasteiger partial charge in [-0.3, -0.25) is 4.99 Å². The molecule has 4 heteroatoms. The van der Waals surface area contributed by atoms with Crippen molar-refractivity contribution in [3.05, 3.63) is 83.9 Å². The molecule has 27 heavy (non-hydrogen) atoms. The van der Waals surface area contributed by atoms with Crippen molar-refractivity contribution in [2.45, 2.75) is 12.5 Å². The second-order valence-electron chi connectivity index (χ2n) is 6.48. The summed E-state index contributed by atoms with van der Waals surface area (Å²) in [6.07, 6.45) is 0.785. The number of rotatable bonds is 4. The van der Waals surface area contributed by atoms with E-state index in [1.165, 1.54) is 5.56 Å². The molecule has 1 N–H and O–H groups in total. The molecule has 0 saturated heterocycles. The fourth-order valence-corrected chi connectivity index (χ4v) is 3.32. The fourth-order valence-electron chi connectivity index (χ4n) is 3.32. The molecule has 0 unspecified atom stereocenters. The van der Waals surface area contributed by atoms with Crippen LogP contribution in [-0.2, 0) is 0 Å². The van der Waals surface area contributed by atoms with Gasteiger partial charge in [0.1, 0.15) is 11.5 Å². The standard InChI is InChI=1S/C23H22N2O2/c1-26-18-11-7-16(8-12-18)22-15-23(17-9-13-19(27-2)14-10-17)25-21-6-4-3-5-20(21)24-22/h3-14,22,24H,15H2,1-2H3/t22-/m0/s1. The first-order valence-electron chi connectivity index (χ1n) is 8.98. The zero-order valence-corrected chi connectivity index (χ0v) is 15.5. The Morgan fingerprint density at radius 3 is 2.11 bits per heavy atom. The molecular formula is C23H22N2O2. The number of nitrogens with zero attached hydrogens (tertiary/aromatic N) is 1. The molecule has 1 atom stereocenters. The van der Waals surface area contributed by atoms with Crippen LogP contribution in [0.1, 0.15) is 23.6 Å². The number of hydrogen-bond donors (Lipinski definition) is 1. The smallest absolute Gasteiger partial charge is 0.118 e. The van der Waals surface area contributed by atoms with E-state index in [1.54, 1.807) is 14.2 Å². The molecule has 0 spiro atoms. The van der Waals surface area contributed by atoms with Gasteiger partial charge in [-0.25, -0.2) is 0 Å². The van der Waals surface area contributed by atoms with Crippen LogP contribution in [0, 0.1) is 0 Å². The van der Waals surface area contributed by atoms with E-state index in [-0.39, 0.29) is 6.04 Å². The average Bonchev–Trinajstić information content (AvgIpc) is 2.93. The summed E-state index contributed by atoms with van der Waals surface area (Å²) in [4.78, 5) is 4.96. The Kier molecular flexibility index (Phi) is 4.79. The van der Waals surface area contributed by atoms with E-state index in [2.05, 4.69) is 35.6 Å². The Hall–Kier alpha value is -3.27. The highest BCUT2D eigenvalue weighted by atomic mass is 16.5. The lowest BCUT2D eigenvalue weighted by Gasteiger charge is -2.19. The van der Waals surface area contributed by atoms with Crippen LogP contribution in [0.2, 0.25) is 0 Å². The van der Waals surface area contributed by atoms with Crippen molar-refractivity contribution >= 4 is 17.1 Å². The van der Waals surface area contributed by atoms with Crippen molar-refractivity contribution in [1.82, 2.24) is 0 Å². The minimum Gasteiger partial charge on any atom is -0.497 e. The maximum absolute atomic E-state index is 5.29. The first-order valence-corrected chi connectivity index (χ1v) is 8.98. The summed E-state index contributed by atoms with van der Waals surface area (Å²) in [5, 5.41) is 3.66. The Morgan fingerprint density at radius 2 is 1.44 bits per heavy atom. The monoisotopic (exact) mass is 358 g/mol. The van der Waals surface area contributed by atoms with Gasteiger partial charge in [-0.1, -0.05) is 24.3 Å². The number of fused-ring (bicyclic) bond motifs is 1. The molecule has 0 aliphatic carbocycles. The number of para-hydroxylation sites is 2. The Morgan fingerprint density at radius 1 is 0.815 bits per heavy atom. The van der Waals surface area contributed by atoms with Crippen LogP contribution in [0.25, 0.3) is 0 Å². The summed E-state index contributed by atoms with van der Waals surface area (Å²) >= 11 is 0. The molecule has 0 bridgehead atoms. The summed E-state index contributed by atoms with van der Waals surface area (Å²) in [7, 11) is 3.36. The van der Waals surface area contributed by atoms with Gasteiger partial charge >= 0.3 is 0 Å². The summed E-state index contributed by atoms with van der Waals surface area (Å²) < 4.78 is 10.6. The zero-order valence-electron chi connectivity index (χ0n) is 15.5. The molecule has 4 nitrogen and oxygen atoms in total. The number of hydrogen-bond acceptors (Lipinski definition) is 4. The molecule has 0 amide bonds. The van der Waals surface area contributed by atoms with E-state index < -0.39 is 0 Å². The Bertz CT molecular complexity index is 947. The molecule has 0 saturated carbocycles. The second kappa shape index (κ2) is 7.54. The largest absolute Gasteiger partial charge is 0.497 e. The van der Waals surface area contributed by atoms with Gasteiger partial charge in [0.15, 0.2) is 0 Å². The summed E-state index contributed by atoms with van der Waals surface area (Å²) in [5.41, 5.74) is 5.36. The van der Waals surface area contributed by atoms with E-state index in [9.17, 15) is 0 Å². The average molecular weight is 358 g/mol. The Labute approximate surface area is 159 Å². The lowest BCUT2D eigenvalue weighted by Crippen LogP contribution is -2.14. The first-order chi connectivity index (χ1) is 13.3. The predicted octanol–water partition coefficient (Wildman–Crippen LogP) is 5.38. The van der Waals surface area contributed by atoms with E-state index in [0.29, 0.717) is 0 Å². The number of methoxy groups -OCH3 is 2. The van der Waals surface area contributed by atoms with Crippen LogP contribution >= 0.6 is 0 Å². The molecule has 0 aromatic heterocycles. The molecule has 1 heterocycles. The van der Waals surface area contributed by atoms with Gasteiger partial charge in [0, 0.05) is 6.42 Å². The van der Waals surface area contributed by atoms with E-state index in [4.69, 9.17) is 14.5 Å². The highest BCUT2D eigenvalue weighted by Crippen LogP contribution is 2.35. The predicted molar refractivity (Wildman–Crippen MR) is 110 cm³/mol. The van der Waals surface area contributed by atoms with Crippen LogP contribution in [0.4, 0.5) is 11.4 Å². The van der Waals surface area contributed by atoms with Crippen LogP contribution < -0.4 is 14.8 Å². The minimum atomic E-state index is 0.125. The van der Waals surface area contributed by atoms with Crippen molar-refractivity contribution in [2.75, 3.05) is 19.5 Å². The second-order valence-corrected chi connectivity index (χ2v) is 6.48. The van der Waals surface area contributed by atoms with Crippen LogP contribution in [0.15, 0.2) is 77.8 Å². The number of anilines is 1. The third-order valence-electron chi connectivity index (χ3n) is 4.83. The highest BCUT2D eigenvalue weighted by molar-refractivity contribution is 6.04. The van der Waals surface area contributed by atoms with Gasteiger partial charge in [0.25, 0.3) is 0 Å². The fraction of sp³-hybridized carbons (Fsp3) is 0.174. The SMILES string of the molecule is COc1ccc(C2=Nc3ccccc3N[C@H](c3ccc(OC)cc3)C2)cc1. The molecule has 0 radical (unpaired) electrons. The van der Waals surface area contributed by atoms with Gasteiger partial charge in [-0.2, -0.15) is 0 Å². The molecule has 136 valence electrons. The van der Waals surface area contributed by atoms with E-state index in [0.717, 1.165) is 40.6 Å². The van der Waals surface area contributed by atoms with Crippen molar-refractivity contribution in [3.63, 3.8) is 0 Å². The first kappa shape index (κ1) is 17.2. The van der Waals surface area contributed by atoms with E-state index in [1.807, 2.05) is 42.5 Å². The number of ether oxygens (including phenoxy) is 2. The molecule has 1 aliphatic heterocycles. The van der Waals surface area contributed by atoms with Crippen LogP contribution in [0.3, 0.4) is 0 Å². The van der Waals surface area contributed by atoms with Gasteiger partial charge in [0.2, 0.25) is 0 Å². The molecule has 3 aromatic rings. The number of benzene rings is 3. The number of nitrogens with one attached hydrogen (secondary N) is 1. The third kappa shape index (κ3) is 3.65. The zero-order chi connectivity index (χ0) is 18.6. The number of aliphatic imine (C=N–C) groups is 1. The Balaban J connectivity index is 1.73. The maximum atomic E-state index is 5.29. The molecule has 3 aromatic carbocycles.